The molecule has 5 heteroatoms. The first-order chi connectivity index (χ1) is 23.7. The maximum Gasteiger partial charge on any atom is 0.0976 e. The van der Waals surface area contributed by atoms with E-state index in [1.165, 1.54) is 93.2 Å². The van der Waals surface area contributed by atoms with Crippen molar-refractivity contribution in [3.8, 4) is 0 Å². The Kier molecular flexibility index (Phi) is 8.84. The predicted octanol–water partition coefficient (Wildman–Crippen LogP) is 9.96. The third kappa shape index (κ3) is 6.28. The summed E-state index contributed by atoms with van der Waals surface area (Å²) in [4.78, 5) is 0. The molecule has 2 atom stereocenters. The largest absolute Gasteiger partial charge is 0.242 e. The average molecular weight is 710 g/mol. The molecule has 2 nitrogen and oxygen atoms in total. The molecule has 3 aromatic carbocycles. The zero-order valence-electron chi connectivity index (χ0n) is 30.0. The molecule has 8 aliphatic rings. The van der Waals surface area contributed by atoms with Gasteiger partial charge < -0.3 is 0 Å². The van der Waals surface area contributed by atoms with Crippen LogP contribution in [0.1, 0.15) is 109 Å². The van der Waals surface area contributed by atoms with Crippen molar-refractivity contribution in [2.24, 2.45) is 35.5 Å². The SMILES string of the molecule is CC(C)(C)S(=O)N[C@@H](CP(c1ccccc1)c1ccccc1)c1ccccc1P(C12CC3CC(CC(C3)C1)C2)C12CC3CC(CC(C3)C1)C2. The van der Waals surface area contributed by atoms with Crippen LogP contribution in [-0.2, 0) is 11.0 Å². The van der Waals surface area contributed by atoms with E-state index in [4.69, 9.17) is 0 Å². The first-order valence-electron chi connectivity index (χ1n) is 19.6. The van der Waals surface area contributed by atoms with Gasteiger partial charge in [0.1, 0.15) is 0 Å². The first-order valence-corrected chi connectivity index (χ1v) is 23.6. The van der Waals surface area contributed by atoms with Gasteiger partial charge in [-0.15, -0.1) is 0 Å². The van der Waals surface area contributed by atoms with E-state index in [9.17, 15) is 4.21 Å². The fraction of sp³-hybridized carbons (Fsp3) is 0.591. The summed E-state index contributed by atoms with van der Waals surface area (Å²) in [6.45, 7) is 6.40. The van der Waals surface area contributed by atoms with E-state index in [1.807, 2.05) is 0 Å². The molecular formula is C44H57NOP2S. The average Bonchev–Trinajstić information content (AvgIpc) is 3.06. The summed E-state index contributed by atoms with van der Waals surface area (Å²) in [5.41, 5.74) is 1.50. The summed E-state index contributed by atoms with van der Waals surface area (Å²) in [5.74, 6) is 5.77. The normalized spacial score (nSPS) is 36.2. The van der Waals surface area contributed by atoms with Crippen molar-refractivity contribution in [3.05, 3.63) is 90.5 Å². The van der Waals surface area contributed by atoms with E-state index in [0.29, 0.717) is 10.3 Å². The van der Waals surface area contributed by atoms with Gasteiger partial charge in [0.15, 0.2) is 0 Å². The fourth-order valence-corrected chi connectivity index (χ4v) is 21.7. The third-order valence-corrected chi connectivity index (χ3v) is 21.9. The van der Waals surface area contributed by atoms with Gasteiger partial charge in [-0.2, -0.15) is 0 Å². The van der Waals surface area contributed by atoms with E-state index < -0.39 is 18.9 Å². The molecule has 0 spiro atoms. The molecule has 0 radical (unpaired) electrons. The molecule has 8 bridgehead atoms. The summed E-state index contributed by atoms with van der Waals surface area (Å²) in [5, 5.41) is 5.56. The highest BCUT2D eigenvalue weighted by molar-refractivity contribution is 7.84. The molecule has 0 aromatic heterocycles. The third-order valence-electron chi connectivity index (χ3n) is 13.8. The molecule has 11 rings (SSSR count). The van der Waals surface area contributed by atoms with Crippen LogP contribution in [0.2, 0.25) is 0 Å². The molecule has 1 N–H and O–H groups in total. The maximum atomic E-state index is 14.2. The van der Waals surface area contributed by atoms with Gasteiger partial charge in [-0.05, 0) is 179 Å². The molecule has 260 valence electrons. The lowest BCUT2D eigenvalue weighted by Crippen LogP contribution is -2.58. The first kappa shape index (κ1) is 33.5. The highest BCUT2D eigenvalue weighted by Crippen LogP contribution is 2.78. The van der Waals surface area contributed by atoms with Crippen molar-refractivity contribution in [3.63, 3.8) is 0 Å². The van der Waals surface area contributed by atoms with E-state index in [2.05, 4.69) is 110 Å². The smallest absolute Gasteiger partial charge is 0.0976 e. The van der Waals surface area contributed by atoms with Gasteiger partial charge >= 0.3 is 0 Å². The van der Waals surface area contributed by atoms with Crippen LogP contribution >= 0.6 is 15.8 Å². The lowest BCUT2D eigenvalue weighted by Gasteiger charge is -2.67. The van der Waals surface area contributed by atoms with Crippen LogP contribution in [0.15, 0.2) is 84.9 Å². The summed E-state index contributed by atoms with van der Waals surface area (Å²) in [6.07, 6.45) is 19.0. The van der Waals surface area contributed by atoms with Gasteiger partial charge in [0.05, 0.1) is 15.7 Å². The van der Waals surface area contributed by atoms with Crippen LogP contribution in [0.25, 0.3) is 0 Å². The standard InChI is InChI=1S/C44H57NOP2S/c1-42(2,3)49(46)45-40(30-47(37-12-6-4-7-13-37)38-14-8-5-9-15-38)39-16-10-11-17-41(39)48(43-24-31-18-32(25-43)20-33(19-31)26-43)44-27-34-21-35(28-44)23-36(22-34)29-44/h4-17,31-36,40,45H,18-30H2,1-3H3/t31?,32?,33?,34?,35?,36?,40-,43?,44?,48?,49?/m0/s1. The van der Waals surface area contributed by atoms with Gasteiger partial charge in [-0.1, -0.05) is 92.9 Å². The Labute approximate surface area is 301 Å². The lowest BCUT2D eigenvalue weighted by atomic mass is 9.55. The van der Waals surface area contributed by atoms with E-state index in [0.717, 1.165) is 41.7 Å². The zero-order valence-corrected chi connectivity index (χ0v) is 32.6. The van der Waals surface area contributed by atoms with Crippen LogP contribution in [0.4, 0.5) is 0 Å². The Balaban J connectivity index is 1.19. The molecule has 49 heavy (non-hydrogen) atoms. The highest BCUT2D eigenvalue weighted by Gasteiger charge is 2.63. The Bertz CT molecular complexity index is 1510. The Morgan fingerprint density at radius 3 is 1.43 bits per heavy atom. The molecule has 0 saturated heterocycles. The van der Waals surface area contributed by atoms with Gasteiger partial charge in [0, 0.05) is 6.04 Å². The van der Waals surface area contributed by atoms with E-state index in [-0.39, 0.29) is 18.7 Å². The summed E-state index contributed by atoms with van der Waals surface area (Å²) in [7, 11) is -2.20. The van der Waals surface area contributed by atoms with Crippen LogP contribution in [-0.4, -0.2) is 25.4 Å². The number of hydrogen-bond donors (Lipinski definition) is 1. The van der Waals surface area contributed by atoms with Crippen molar-refractivity contribution in [2.45, 2.75) is 119 Å². The minimum atomic E-state index is -1.17. The Hall–Kier alpha value is -1.37. The minimum absolute atomic E-state index is 0.0376. The number of rotatable bonds is 10. The Morgan fingerprint density at radius 1 is 0.633 bits per heavy atom. The quantitative estimate of drug-likeness (QED) is 0.209. The van der Waals surface area contributed by atoms with Crippen molar-refractivity contribution in [2.75, 3.05) is 6.16 Å². The zero-order chi connectivity index (χ0) is 33.4. The van der Waals surface area contributed by atoms with E-state index >= 15 is 0 Å². The van der Waals surface area contributed by atoms with Crippen LogP contribution in [0.5, 0.6) is 0 Å². The summed E-state index contributed by atoms with van der Waals surface area (Å²) < 4.78 is 17.8. The fourth-order valence-electron chi connectivity index (χ4n) is 12.9. The van der Waals surface area contributed by atoms with Crippen molar-refractivity contribution in [1.29, 1.82) is 0 Å². The van der Waals surface area contributed by atoms with Crippen LogP contribution < -0.4 is 20.6 Å². The maximum absolute atomic E-state index is 14.2. The number of hydrogen-bond acceptors (Lipinski definition) is 1. The summed E-state index contributed by atoms with van der Waals surface area (Å²) >= 11 is 0. The van der Waals surface area contributed by atoms with E-state index in [1.54, 1.807) is 5.30 Å². The molecule has 0 aliphatic heterocycles. The highest BCUT2D eigenvalue weighted by atomic mass is 32.2. The van der Waals surface area contributed by atoms with Gasteiger partial charge in [0.25, 0.3) is 0 Å². The molecule has 1 unspecified atom stereocenters. The van der Waals surface area contributed by atoms with Crippen LogP contribution in [0.3, 0.4) is 0 Å². The predicted molar refractivity (Wildman–Crippen MR) is 213 cm³/mol. The number of benzene rings is 3. The minimum Gasteiger partial charge on any atom is -0.242 e. The molecule has 0 heterocycles. The second kappa shape index (κ2) is 12.9. The van der Waals surface area contributed by atoms with Crippen molar-refractivity contribution < 1.29 is 4.21 Å². The lowest BCUT2D eigenvalue weighted by molar-refractivity contribution is 0.0195. The van der Waals surface area contributed by atoms with Gasteiger partial charge in [0.2, 0.25) is 0 Å². The van der Waals surface area contributed by atoms with Crippen molar-refractivity contribution in [1.82, 2.24) is 4.72 Å². The molecular weight excluding hydrogens is 653 g/mol. The molecule has 8 fully saturated rings. The molecule has 0 amide bonds. The Morgan fingerprint density at radius 2 is 1.02 bits per heavy atom. The molecule has 3 aromatic rings. The second-order valence-corrected chi connectivity index (χ2v) is 25.8. The topological polar surface area (TPSA) is 29.1 Å². The van der Waals surface area contributed by atoms with Crippen LogP contribution in [0, 0.1) is 35.5 Å². The second-order valence-electron chi connectivity index (χ2n) is 18.5. The molecule has 8 saturated carbocycles. The monoisotopic (exact) mass is 709 g/mol. The van der Waals surface area contributed by atoms with Gasteiger partial charge in [-0.3, -0.25) is 0 Å². The van der Waals surface area contributed by atoms with Crippen molar-refractivity contribution >= 4 is 42.7 Å². The number of nitrogens with one attached hydrogen (secondary N) is 1. The molecule has 8 aliphatic carbocycles. The van der Waals surface area contributed by atoms with Gasteiger partial charge in [-0.25, -0.2) is 8.93 Å². The summed E-state index contributed by atoms with van der Waals surface area (Å²) in [6, 6.07) is 32.3.